The van der Waals surface area contributed by atoms with Crippen LogP contribution in [0.1, 0.15) is 12.0 Å². The normalized spacial score (nSPS) is 10.1. The molecule has 0 atom stereocenters. The van der Waals surface area contributed by atoms with Crippen LogP contribution in [0.3, 0.4) is 0 Å². The van der Waals surface area contributed by atoms with E-state index in [0.717, 1.165) is 5.56 Å². The fraction of sp³-hybridized carbons (Fsp3) is 0.353. The molecule has 1 aromatic carbocycles. The summed E-state index contributed by atoms with van der Waals surface area (Å²) in [6, 6.07) is 9.44. The number of hydrogen-bond acceptors (Lipinski definition) is 6. The molecule has 27 heavy (non-hydrogen) atoms. The quantitative estimate of drug-likeness (QED) is 0.487. The summed E-state index contributed by atoms with van der Waals surface area (Å²) >= 11 is 0. The smallest absolute Gasteiger partial charge is 0.330 e. The minimum atomic E-state index is -0.625. The van der Waals surface area contributed by atoms with Crippen molar-refractivity contribution in [1.29, 1.82) is 0 Å². The van der Waals surface area contributed by atoms with Crippen LogP contribution in [0.4, 0.5) is 11.5 Å². The number of H-pyrrole nitrogens is 1. The lowest BCUT2D eigenvalue weighted by atomic mass is 10.2. The Hall–Kier alpha value is -2.62. The number of amides is 1. The molecule has 2 aromatic rings. The second-order valence-corrected chi connectivity index (χ2v) is 5.55. The highest BCUT2D eigenvalue weighted by Gasteiger charge is 2.17. The van der Waals surface area contributed by atoms with E-state index in [1.54, 1.807) is 0 Å². The maximum Gasteiger partial charge on any atom is 0.330 e. The summed E-state index contributed by atoms with van der Waals surface area (Å²) in [5.41, 5.74) is 5.22. The number of benzene rings is 1. The highest BCUT2D eigenvalue weighted by atomic mass is 35.5. The van der Waals surface area contributed by atoms with Crippen LogP contribution in [0.25, 0.3) is 0 Å². The van der Waals surface area contributed by atoms with E-state index in [2.05, 4.69) is 15.6 Å². The number of nitrogens with one attached hydrogen (secondary N) is 3. The molecule has 10 heteroatoms. The number of halogens is 1. The van der Waals surface area contributed by atoms with Crippen LogP contribution in [-0.2, 0) is 22.6 Å². The van der Waals surface area contributed by atoms with Crippen molar-refractivity contribution in [2.75, 3.05) is 30.9 Å². The summed E-state index contributed by atoms with van der Waals surface area (Å²) < 4.78 is 6.26. The van der Waals surface area contributed by atoms with Gasteiger partial charge in [0.25, 0.3) is 5.56 Å². The Kier molecular flexibility index (Phi) is 9.27. The standard InChI is InChI=1S/C17H23N5O4.ClH/c1-26-10-9-22-15(20-13(23)7-8-18)14(16(24)21-17(22)25)19-11-12-5-3-2-4-6-12;/h2-6,19H,7-11,18H2,1H3,(H,20,23)(H,21,24,25);1H. The summed E-state index contributed by atoms with van der Waals surface area (Å²) in [7, 11) is 1.50. The fourth-order valence-corrected chi connectivity index (χ4v) is 2.37. The van der Waals surface area contributed by atoms with Crippen LogP contribution in [-0.4, -0.2) is 35.7 Å². The molecule has 0 radical (unpaired) electrons. The lowest BCUT2D eigenvalue weighted by Crippen LogP contribution is -2.36. The number of carbonyl (C=O) groups is 1. The van der Waals surface area contributed by atoms with Gasteiger partial charge in [-0.3, -0.25) is 19.1 Å². The molecule has 9 nitrogen and oxygen atoms in total. The van der Waals surface area contributed by atoms with E-state index < -0.39 is 11.2 Å². The highest BCUT2D eigenvalue weighted by molar-refractivity contribution is 5.92. The van der Waals surface area contributed by atoms with Crippen molar-refractivity contribution in [3.05, 3.63) is 56.7 Å². The molecule has 5 N–H and O–H groups in total. The fourth-order valence-electron chi connectivity index (χ4n) is 2.37. The molecule has 0 aliphatic heterocycles. The van der Waals surface area contributed by atoms with Crippen LogP contribution in [0.5, 0.6) is 0 Å². The first-order chi connectivity index (χ1) is 12.6. The van der Waals surface area contributed by atoms with E-state index in [1.807, 2.05) is 30.3 Å². The Bertz CT molecular complexity index is 851. The molecule has 0 bridgehead atoms. The molecule has 1 amide bonds. The largest absolute Gasteiger partial charge is 0.383 e. The van der Waals surface area contributed by atoms with Gasteiger partial charge in [-0.2, -0.15) is 0 Å². The predicted molar refractivity (Wildman–Crippen MR) is 107 cm³/mol. The van der Waals surface area contributed by atoms with Gasteiger partial charge in [-0.05, 0) is 5.56 Å². The van der Waals surface area contributed by atoms with Crippen molar-refractivity contribution in [3.63, 3.8) is 0 Å². The van der Waals surface area contributed by atoms with Gasteiger partial charge in [0.1, 0.15) is 11.5 Å². The minimum Gasteiger partial charge on any atom is -0.383 e. The maximum atomic E-state index is 12.3. The lowest BCUT2D eigenvalue weighted by Gasteiger charge is -2.17. The molecule has 0 saturated heterocycles. The molecule has 0 spiro atoms. The molecule has 0 saturated carbocycles. The van der Waals surface area contributed by atoms with E-state index in [9.17, 15) is 14.4 Å². The SMILES string of the molecule is COCCn1c(NC(=O)CCN)c(NCc2ccccc2)c(=O)[nH]c1=O.Cl. The summed E-state index contributed by atoms with van der Waals surface area (Å²) in [6.45, 7) is 0.921. The lowest BCUT2D eigenvalue weighted by molar-refractivity contribution is -0.116. The number of hydrogen-bond donors (Lipinski definition) is 4. The molecular formula is C17H24ClN5O4. The number of anilines is 2. The second kappa shape index (κ2) is 11.2. The number of aromatic amines is 1. The number of nitrogens with zero attached hydrogens (tertiary/aromatic N) is 1. The Morgan fingerprint density at radius 3 is 2.59 bits per heavy atom. The average molecular weight is 398 g/mol. The summed E-state index contributed by atoms with van der Waals surface area (Å²) in [5.74, 6) is -0.281. The third kappa shape index (κ3) is 6.24. The first-order valence-electron chi connectivity index (χ1n) is 8.20. The van der Waals surface area contributed by atoms with Gasteiger partial charge in [0, 0.05) is 26.6 Å². The van der Waals surface area contributed by atoms with Crippen LogP contribution < -0.4 is 27.6 Å². The zero-order chi connectivity index (χ0) is 18.9. The molecule has 2 rings (SSSR count). The van der Waals surface area contributed by atoms with Crippen LogP contribution in [0.2, 0.25) is 0 Å². The molecule has 1 aromatic heterocycles. The average Bonchev–Trinajstić information content (AvgIpc) is 2.62. The molecule has 0 aliphatic rings. The molecule has 1 heterocycles. The number of carbonyl (C=O) groups excluding carboxylic acids is 1. The van der Waals surface area contributed by atoms with Crippen molar-refractivity contribution in [2.45, 2.75) is 19.5 Å². The van der Waals surface area contributed by atoms with Gasteiger partial charge in [-0.1, -0.05) is 30.3 Å². The van der Waals surface area contributed by atoms with Crippen LogP contribution in [0, 0.1) is 0 Å². The summed E-state index contributed by atoms with van der Waals surface area (Å²) in [4.78, 5) is 38.8. The first kappa shape index (κ1) is 22.4. The van der Waals surface area contributed by atoms with Gasteiger partial charge in [0.2, 0.25) is 5.91 Å². The predicted octanol–water partition coefficient (Wildman–Crippen LogP) is 0.504. The van der Waals surface area contributed by atoms with Gasteiger partial charge < -0.3 is 21.1 Å². The summed E-state index contributed by atoms with van der Waals surface area (Å²) in [6.07, 6.45) is 0.0728. The van der Waals surface area contributed by atoms with Gasteiger partial charge in [0.05, 0.1) is 13.2 Å². The van der Waals surface area contributed by atoms with E-state index in [0.29, 0.717) is 6.54 Å². The molecule has 148 valence electrons. The van der Waals surface area contributed by atoms with Gasteiger partial charge >= 0.3 is 5.69 Å². The Balaban J connectivity index is 0.00000364. The molecular weight excluding hydrogens is 374 g/mol. The van der Waals surface area contributed by atoms with Crippen LogP contribution >= 0.6 is 12.4 Å². The zero-order valence-electron chi connectivity index (χ0n) is 15.0. The summed E-state index contributed by atoms with van der Waals surface area (Å²) in [5, 5.41) is 5.61. The second-order valence-electron chi connectivity index (χ2n) is 5.55. The number of rotatable bonds is 9. The van der Waals surface area contributed by atoms with Crippen molar-refractivity contribution in [3.8, 4) is 0 Å². The first-order valence-corrected chi connectivity index (χ1v) is 8.20. The van der Waals surface area contributed by atoms with Crippen molar-refractivity contribution < 1.29 is 9.53 Å². The topological polar surface area (TPSA) is 131 Å². The Labute approximate surface area is 162 Å². The van der Waals surface area contributed by atoms with Gasteiger partial charge in [-0.25, -0.2) is 4.79 Å². The van der Waals surface area contributed by atoms with Gasteiger partial charge in [-0.15, -0.1) is 12.4 Å². The third-order valence-electron chi connectivity index (χ3n) is 3.66. The number of aromatic nitrogens is 2. The molecule has 0 unspecified atom stereocenters. The number of methoxy groups -OCH3 is 1. The Morgan fingerprint density at radius 2 is 1.96 bits per heavy atom. The maximum absolute atomic E-state index is 12.3. The van der Waals surface area contributed by atoms with Crippen molar-refractivity contribution in [1.82, 2.24) is 9.55 Å². The van der Waals surface area contributed by atoms with E-state index >= 15 is 0 Å². The van der Waals surface area contributed by atoms with E-state index in [4.69, 9.17) is 10.5 Å². The van der Waals surface area contributed by atoms with E-state index in [1.165, 1.54) is 11.7 Å². The monoisotopic (exact) mass is 397 g/mol. The zero-order valence-corrected chi connectivity index (χ0v) is 15.8. The Morgan fingerprint density at radius 1 is 1.26 bits per heavy atom. The van der Waals surface area contributed by atoms with Gasteiger partial charge in [0.15, 0.2) is 0 Å². The van der Waals surface area contributed by atoms with E-state index in [-0.39, 0.29) is 55.9 Å². The molecule has 0 aliphatic carbocycles. The van der Waals surface area contributed by atoms with Crippen molar-refractivity contribution >= 4 is 29.8 Å². The van der Waals surface area contributed by atoms with Crippen molar-refractivity contribution in [2.24, 2.45) is 5.73 Å². The number of ether oxygens (including phenoxy) is 1. The molecule has 0 fully saturated rings. The van der Waals surface area contributed by atoms with Crippen LogP contribution in [0.15, 0.2) is 39.9 Å². The number of nitrogens with two attached hydrogens (primary N) is 1. The minimum absolute atomic E-state index is 0. The highest BCUT2D eigenvalue weighted by Crippen LogP contribution is 2.16. The third-order valence-corrected chi connectivity index (χ3v) is 3.66.